The molecule has 0 saturated carbocycles. The van der Waals surface area contributed by atoms with Crippen LogP contribution in [0.2, 0.25) is 0 Å². The smallest absolute Gasteiger partial charge is 0.425 e. The number of morpholine rings is 1. The zero-order valence-corrected chi connectivity index (χ0v) is 80.1. The lowest BCUT2D eigenvalue weighted by molar-refractivity contribution is -0.143. The van der Waals surface area contributed by atoms with Crippen LogP contribution in [-0.2, 0) is 54.0 Å². The summed E-state index contributed by atoms with van der Waals surface area (Å²) in [5.74, 6) is 2.39. The van der Waals surface area contributed by atoms with Crippen molar-refractivity contribution in [2.45, 2.75) is 162 Å². The van der Waals surface area contributed by atoms with E-state index in [2.05, 4.69) is 168 Å². The summed E-state index contributed by atoms with van der Waals surface area (Å²) in [6, 6.07) is 23.9. The van der Waals surface area contributed by atoms with Crippen LogP contribution in [0.3, 0.4) is 0 Å². The van der Waals surface area contributed by atoms with Gasteiger partial charge in [0.15, 0.2) is 6.29 Å². The Morgan fingerprint density at radius 2 is 1.03 bits per heavy atom. The third kappa shape index (κ3) is 35.7. The number of alkyl halides is 2. The SMILES string of the molecule is CC(C)(C)OC(=O)N(C(=O)OC(C)(C)C)c1ccc(Br)c(C(Br)Br)n1.CC(C)Nc1cc(NC(=O)N(C)c2ccc(CN3CCOCC3=O)c(C=O)n2)ncc1C#N.CNc1ccc(Br)c(C(OC)OC)n1.COC(OC)c1nc(N)ccc1Br.Cc1nc(N(C(=O)OC(C)(C)C)C(=O)OC(C)(C)C)ccc1Br.Cc1nc(N)ccc1Br. The van der Waals surface area contributed by atoms with Crippen molar-refractivity contribution in [1.82, 2.24) is 39.8 Å². The molecule has 7 aromatic heterocycles. The van der Waals surface area contributed by atoms with Crippen molar-refractivity contribution in [3.05, 3.63) is 153 Å². The predicted octanol–water partition coefficient (Wildman–Crippen LogP) is 18.8. The van der Waals surface area contributed by atoms with E-state index in [-0.39, 0.29) is 57.8 Å². The van der Waals surface area contributed by atoms with Crippen molar-refractivity contribution >= 4 is 201 Å². The number of rotatable bonds is 17. The van der Waals surface area contributed by atoms with Gasteiger partial charge in [0, 0.05) is 102 Å². The third-order valence-corrected chi connectivity index (χ3v) is 18.7. The van der Waals surface area contributed by atoms with Crippen LogP contribution < -0.4 is 42.1 Å². The molecule has 0 atom stereocenters. The van der Waals surface area contributed by atoms with Crippen LogP contribution in [0.15, 0.2) is 107 Å². The molecule has 7 amide bonds. The Balaban J connectivity index is 0.000000380. The number of hydrogen-bond acceptors (Lipinski definition) is 28. The van der Waals surface area contributed by atoms with Crippen molar-refractivity contribution in [2.24, 2.45) is 0 Å². The maximum absolute atomic E-state index is 12.7. The number of hydrogen-bond donors (Lipinski definition) is 5. The summed E-state index contributed by atoms with van der Waals surface area (Å²) in [5, 5.41) is 18.0. The maximum Gasteiger partial charge on any atom is 0.425 e. The summed E-state index contributed by atoms with van der Waals surface area (Å²) < 4.78 is 50.6. The van der Waals surface area contributed by atoms with E-state index in [9.17, 15) is 38.8 Å². The van der Waals surface area contributed by atoms with Gasteiger partial charge in [-0.15, -0.1) is 0 Å². The Morgan fingerprint density at radius 1 is 0.598 bits per heavy atom. The van der Waals surface area contributed by atoms with Gasteiger partial charge in [0.2, 0.25) is 18.5 Å². The van der Waals surface area contributed by atoms with Crippen molar-refractivity contribution in [3.8, 4) is 6.07 Å². The number of carbonyl (C=O) groups is 7. The molecule has 1 fully saturated rings. The highest BCUT2D eigenvalue weighted by molar-refractivity contribution is 9.24. The van der Waals surface area contributed by atoms with E-state index in [1.165, 1.54) is 24.2 Å². The van der Waals surface area contributed by atoms with Gasteiger partial charge < -0.3 is 69.6 Å². The van der Waals surface area contributed by atoms with Crippen molar-refractivity contribution < 1.29 is 76.2 Å². The summed E-state index contributed by atoms with van der Waals surface area (Å²) in [5.41, 5.74) is 13.0. The number of imide groups is 2. The number of nitriles is 1. The largest absolute Gasteiger partial charge is 0.443 e. The first-order valence-corrected chi connectivity index (χ1v) is 41.1. The molecule has 7 aromatic rings. The molecule has 1 aliphatic rings. The molecule has 8 heterocycles. The number of methoxy groups -OCH3 is 4. The van der Waals surface area contributed by atoms with Gasteiger partial charge in [-0.2, -0.15) is 15.1 Å². The van der Waals surface area contributed by atoms with Crippen molar-refractivity contribution in [3.63, 3.8) is 0 Å². The van der Waals surface area contributed by atoms with Crippen LogP contribution in [0.5, 0.6) is 0 Å². The summed E-state index contributed by atoms with van der Waals surface area (Å²) in [6.07, 6.45) is -2.34. The number of ether oxygens (including phenoxy) is 9. The van der Waals surface area contributed by atoms with Crippen LogP contribution >= 0.6 is 112 Å². The van der Waals surface area contributed by atoms with Crippen molar-refractivity contribution in [2.75, 3.05) is 104 Å². The molecule has 0 radical (unpaired) electrons. The molecule has 0 aromatic carbocycles. The van der Waals surface area contributed by atoms with Gasteiger partial charge in [0.1, 0.15) is 96.6 Å². The van der Waals surface area contributed by atoms with Crippen LogP contribution in [-0.4, -0.2) is 173 Å². The first-order chi connectivity index (χ1) is 54.4. The fourth-order valence-corrected chi connectivity index (χ4v) is 11.9. The van der Waals surface area contributed by atoms with E-state index in [0.29, 0.717) is 69.4 Å². The second kappa shape index (κ2) is 48.1. The molecule has 0 aliphatic carbocycles. The second-order valence-corrected chi connectivity index (χ2v) is 36.0. The van der Waals surface area contributed by atoms with Crippen molar-refractivity contribution in [1.29, 1.82) is 5.26 Å². The zero-order chi connectivity index (χ0) is 88.8. The number of aldehydes is 1. The molecule has 117 heavy (non-hydrogen) atoms. The average molecular weight is 2080 g/mol. The van der Waals surface area contributed by atoms with Gasteiger partial charge in [0.05, 0.1) is 34.9 Å². The van der Waals surface area contributed by atoms with Gasteiger partial charge in [-0.05, 0) is 257 Å². The first-order valence-electron chi connectivity index (χ1n) is 35.3. The molecule has 1 aliphatic heterocycles. The molecule has 0 spiro atoms. The average Bonchev–Trinajstić information content (AvgIpc) is 0.863. The number of carbonyl (C=O) groups excluding carboxylic acids is 7. The number of anilines is 8. The lowest BCUT2D eigenvalue weighted by atomic mass is 10.1. The molecule has 7 N–H and O–H groups in total. The third-order valence-electron chi connectivity index (χ3n) is 14.1. The molecular formula is C77H100Br7N17O16. The van der Waals surface area contributed by atoms with Crippen LogP contribution in [0, 0.1) is 25.2 Å². The van der Waals surface area contributed by atoms with Gasteiger partial charge in [-0.25, -0.2) is 58.9 Å². The lowest BCUT2D eigenvalue weighted by Gasteiger charge is -2.28. The number of aromatic nitrogens is 7. The van der Waals surface area contributed by atoms with E-state index in [0.717, 1.165) is 44.9 Å². The zero-order valence-electron chi connectivity index (χ0n) is 69.0. The van der Waals surface area contributed by atoms with Gasteiger partial charge >= 0.3 is 30.4 Å². The first kappa shape index (κ1) is 103. The molecule has 0 bridgehead atoms. The molecule has 33 nitrogen and oxygen atoms in total. The molecular weight excluding hydrogens is 1980 g/mol. The Labute approximate surface area is 741 Å². The minimum atomic E-state index is -0.858. The minimum Gasteiger partial charge on any atom is -0.443 e. The molecule has 0 unspecified atom stereocenters. The summed E-state index contributed by atoms with van der Waals surface area (Å²) in [7, 11) is 9.57. The highest BCUT2D eigenvalue weighted by atomic mass is 79.9. The Bertz CT molecular complexity index is 4500. The highest BCUT2D eigenvalue weighted by Crippen LogP contribution is 2.36. The number of urea groups is 1. The molecule has 638 valence electrons. The van der Waals surface area contributed by atoms with E-state index < -0.39 is 65.4 Å². The van der Waals surface area contributed by atoms with Crippen LogP contribution in [0.4, 0.5) is 70.4 Å². The van der Waals surface area contributed by atoms with Crippen LogP contribution in [0.25, 0.3) is 0 Å². The van der Waals surface area contributed by atoms with Gasteiger partial charge in [-0.3, -0.25) is 19.8 Å². The molecule has 40 heteroatoms. The van der Waals surface area contributed by atoms with E-state index in [1.807, 2.05) is 52.1 Å². The number of nitrogens with two attached hydrogens (primary N) is 2. The topological polar surface area (TPSA) is 418 Å². The minimum absolute atomic E-state index is 0.0165. The van der Waals surface area contributed by atoms with Gasteiger partial charge in [-0.1, -0.05) is 37.9 Å². The maximum atomic E-state index is 12.7. The highest BCUT2D eigenvalue weighted by Gasteiger charge is 2.36. The molecule has 8 rings (SSSR count). The van der Waals surface area contributed by atoms with Crippen LogP contribution in [0.1, 0.15) is 163 Å². The fraction of sp³-hybridized carbons (Fsp3) is 0.442. The van der Waals surface area contributed by atoms with E-state index in [1.54, 1.807) is 172 Å². The number of halogens is 7. The Kier molecular flexibility index (Phi) is 42.4. The van der Waals surface area contributed by atoms with Gasteiger partial charge in [0.25, 0.3) is 0 Å². The predicted molar refractivity (Wildman–Crippen MR) is 473 cm³/mol. The normalized spacial score (nSPS) is 11.9. The standard InChI is InChI=1S/C22H25N7O4.C16H21Br3N2O4.C16H23BrN2O4.C9H13BrN2O2.C8H11BrN2O2.C6H7BrN2/c1-14(2)25-17-8-19(24-10-16(17)9-23)27-22(32)28(3)20-5-4-15(18(12-30)26-20)11-29-6-7-33-13-21(29)31;1-15(2,3)24-13(22)21(14(23)25-16(4,5)6)10-8-7-9(17)11(20-10)12(18)19;1-10-11(17)8-9-12(18-10)19(13(20)22-15(2,3)4)14(21)23-16(5,6)7;1-11-7-5-4-6(10)8(12-7)9(13-2)14-3;1-12-8(13-2)7-5(9)3-4-6(10)11-7;1-4-5(7)2-3-6(8)9-4/h4-5,8,10,12,14H,6-7,11,13H2,1-3H3,(H2,24,25,27,32);7-8,12H,1-6H3;8-9H,1-7H3;4-5,9H,1-3H3,(H,11,12);3-4,8H,1-2H3,(H2,10,11);2-3H,1H3,(H2,8,9). The quantitative estimate of drug-likeness (QED) is 0.0245. The summed E-state index contributed by atoms with van der Waals surface area (Å²) in [4.78, 5) is 120. The fourth-order valence-electron chi connectivity index (χ4n) is 8.92. The number of amides is 7. The van der Waals surface area contributed by atoms with E-state index >= 15 is 0 Å². The summed E-state index contributed by atoms with van der Waals surface area (Å²) >= 11 is 23.5. The number of nitrogen functional groups attached to an aromatic ring is 2. The second-order valence-electron chi connectivity index (χ2n) is 28.7. The lowest BCUT2D eigenvalue weighted by Crippen LogP contribution is -2.44. The molecule has 1 saturated heterocycles. The number of nitrogens with zero attached hydrogens (tertiary/aromatic N) is 12. The monoisotopic (exact) mass is 2070 g/mol. The Hall–Kier alpha value is -8.21. The van der Waals surface area contributed by atoms with E-state index in [4.69, 9.17) is 54.1 Å². The Morgan fingerprint density at radius 3 is 1.44 bits per heavy atom. The number of aryl methyl sites for hydroxylation is 2. The summed E-state index contributed by atoms with van der Waals surface area (Å²) in [6.45, 7) is 29.3. The number of pyridine rings is 7. The number of nitrogens with one attached hydrogen (secondary N) is 3.